The predicted octanol–water partition coefficient (Wildman–Crippen LogP) is 2.54. The van der Waals surface area contributed by atoms with Crippen LogP contribution in [0.3, 0.4) is 0 Å². The first kappa shape index (κ1) is 11.2. The first-order chi connectivity index (χ1) is 7.68. The highest BCUT2D eigenvalue weighted by atomic mass is 35.5. The molecule has 3 nitrogen and oxygen atoms in total. The highest BCUT2D eigenvalue weighted by Crippen LogP contribution is 2.18. The van der Waals surface area contributed by atoms with E-state index in [1.807, 2.05) is 29.0 Å². The third-order valence-corrected chi connectivity index (χ3v) is 2.96. The van der Waals surface area contributed by atoms with Crippen LogP contribution in [0.15, 0.2) is 36.7 Å². The molecule has 0 radical (unpaired) electrons. The molecule has 1 aromatic heterocycles. The molecule has 0 spiro atoms. The van der Waals surface area contributed by atoms with Gasteiger partial charge in [0.05, 0.1) is 0 Å². The van der Waals surface area contributed by atoms with Gasteiger partial charge in [0.25, 0.3) is 0 Å². The van der Waals surface area contributed by atoms with Crippen molar-refractivity contribution in [3.05, 3.63) is 53.1 Å². The smallest absolute Gasteiger partial charge is 0.202 e. The molecular weight excluding hydrogens is 222 g/mol. The van der Waals surface area contributed by atoms with Gasteiger partial charge in [0, 0.05) is 25.0 Å². The number of aromatic nitrogens is 2. The van der Waals surface area contributed by atoms with Crippen LogP contribution < -0.4 is 5.73 Å². The molecule has 0 amide bonds. The van der Waals surface area contributed by atoms with Gasteiger partial charge >= 0.3 is 0 Å². The minimum Gasteiger partial charge on any atom is -0.322 e. The highest BCUT2D eigenvalue weighted by Gasteiger charge is 2.10. The molecule has 16 heavy (non-hydrogen) atoms. The van der Waals surface area contributed by atoms with E-state index in [9.17, 15) is 0 Å². The van der Waals surface area contributed by atoms with Crippen molar-refractivity contribution < 1.29 is 0 Å². The van der Waals surface area contributed by atoms with Crippen LogP contribution in [0.2, 0.25) is 5.28 Å². The van der Waals surface area contributed by atoms with Crippen LogP contribution in [0.25, 0.3) is 0 Å². The lowest BCUT2D eigenvalue weighted by Crippen LogP contribution is -2.18. The first-order valence-electron chi connectivity index (χ1n) is 5.16. The standard InChI is InChI=1S/C12H14ClN3/c1-9-4-2-3-5-10(9)11(14)8-16-7-6-15-12(16)13/h2-7,11H,8,14H2,1H3. The van der Waals surface area contributed by atoms with E-state index in [0.29, 0.717) is 11.8 Å². The molecular formula is C12H14ClN3. The van der Waals surface area contributed by atoms with Gasteiger partial charge < -0.3 is 10.3 Å². The molecule has 2 aromatic rings. The summed E-state index contributed by atoms with van der Waals surface area (Å²) >= 11 is 5.91. The second-order valence-corrected chi connectivity index (χ2v) is 4.15. The molecule has 0 aliphatic carbocycles. The summed E-state index contributed by atoms with van der Waals surface area (Å²) in [5.41, 5.74) is 8.49. The number of imidazole rings is 1. The maximum absolute atomic E-state index is 6.15. The molecule has 1 heterocycles. The highest BCUT2D eigenvalue weighted by molar-refractivity contribution is 6.28. The van der Waals surface area contributed by atoms with Crippen molar-refractivity contribution in [1.82, 2.24) is 9.55 Å². The van der Waals surface area contributed by atoms with Gasteiger partial charge in [0.2, 0.25) is 5.28 Å². The Morgan fingerprint density at radius 1 is 1.44 bits per heavy atom. The minimum atomic E-state index is -0.0621. The van der Waals surface area contributed by atoms with Crippen molar-refractivity contribution >= 4 is 11.6 Å². The van der Waals surface area contributed by atoms with Crippen LogP contribution in [0.4, 0.5) is 0 Å². The number of aryl methyl sites for hydroxylation is 1. The summed E-state index contributed by atoms with van der Waals surface area (Å²) < 4.78 is 1.85. The van der Waals surface area contributed by atoms with E-state index >= 15 is 0 Å². The molecule has 2 N–H and O–H groups in total. The number of benzene rings is 1. The summed E-state index contributed by atoms with van der Waals surface area (Å²) in [5, 5.41) is 0.476. The Hall–Kier alpha value is -1.32. The minimum absolute atomic E-state index is 0.0621. The molecule has 2 rings (SSSR count). The van der Waals surface area contributed by atoms with Crippen LogP contribution in [0, 0.1) is 6.92 Å². The summed E-state index contributed by atoms with van der Waals surface area (Å²) in [7, 11) is 0. The number of nitrogens with two attached hydrogens (primary N) is 1. The predicted molar refractivity (Wildman–Crippen MR) is 65.3 cm³/mol. The van der Waals surface area contributed by atoms with E-state index in [1.165, 1.54) is 5.56 Å². The molecule has 1 aromatic carbocycles. The summed E-state index contributed by atoms with van der Waals surface area (Å²) in [6.45, 7) is 2.70. The second-order valence-electron chi connectivity index (χ2n) is 3.81. The quantitative estimate of drug-likeness (QED) is 0.889. The molecule has 0 aliphatic rings. The van der Waals surface area contributed by atoms with Gasteiger partial charge in [0.1, 0.15) is 0 Å². The average Bonchev–Trinajstić information content (AvgIpc) is 2.65. The van der Waals surface area contributed by atoms with Crippen LogP contribution in [0.1, 0.15) is 17.2 Å². The number of rotatable bonds is 3. The summed E-state index contributed by atoms with van der Waals surface area (Å²) in [6, 6.07) is 8.05. The van der Waals surface area contributed by atoms with E-state index in [0.717, 1.165) is 5.56 Å². The molecule has 0 fully saturated rings. The Labute approximate surface area is 99.9 Å². The third kappa shape index (κ3) is 2.26. The number of hydrogen-bond donors (Lipinski definition) is 1. The lowest BCUT2D eigenvalue weighted by Gasteiger charge is -2.15. The Bertz CT molecular complexity index is 479. The van der Waals surface area contributed by atoms with Crippen LogP contribution >= 0.6 is 11.6 Å². The molecule has 0 saturated carbocycles. The Morgan fingerprint density at radius 3 is 2.81 bits per heavy atom. The van der Waals surface area contributed by atoms with Crippen molar-refractivity contribution in [3.8, 4) is 0 Å². The van der Waals surface area contributed by atoms with Gasteiger partial charge in [-0.3, -0.25) is 0 Å². The topological polar surface area (TPSA) is 43.8 Å². The fourth-order valence-electron chi connectivity index (χ4n) is 1.76. The molecule has 0 bridgehead atoms. The largest absolute Gasteiger partial charge is 0.322 e. The fourth-order valence-corrected chi connectivity index (χ4v) is 1.94. The lowest BCUT2D eigenvalue weighted by molar-refractivity contribution is 0.575. The Kier molecular flexibility index (Phi) is 3.27. The molecule has 0 aliphatic heterocycles. The molecule has 1 unspecified atom stereocenters. The number of nitrogens with zero attached hydrogens (tertiary/aromatic N) is 2. The monoisotopic (exact) mass is 235 g/mol. The normalized spacial score (nSPS) is 12.7. The number of halogens is 1. The number of hydrogen-bond acceptors (Lipinski definition) is 2. The van der Waals surface area contributed by atoms with E-state index in [-0.39, 0.29) is 6.04 Å². The zero-order chi connectivity index (χ0) is 11.5. The van der Waals surface area contributed by atoms with Gasteiger partial charge in [-0.05, 0) is 29.7 Å². The SMILES string of the molecule is Cc1ccccc1C(N)Cn1ccnc1Cl. The molecule has 0 saturated heterocycles. The lowest BCUT2D eigenvalue weighted by atomic mass is 10.0. The third-order valence-electron chi connectivity index (χ3n) is 2.65. The Balaban J connectivity index is 2.18. The Morgan fingerprint density at radius 2 is 2.19 bits per heavy atom. The van der Waals surface area contributed by atoms with Crippen molar-refractivity contribution in [2.75, 3.05) is 0 Å². The zero-order valence-electron chi connectivity index (χ0n) is 9.10. The van der Waals surface area contributed by atoms with Gasteiger partial charge in [-0.1, -0.05) is 24.3 Å². The first-order valence-corrected chi connectivity index (χ1v) is 5.54. The zero-order valence-corrected chi connectivity index (χ0v) is 9.85. The molecule has 84 valence electrons. The van der Waals surface area contributed by atoms with Crippen LogP contribution in [-0.2, 0) is 6.54 Å². The summed E-state index contributed by atoms with van der Waals surface area (Å²) in [4.78, 5) is 3.96. The van der Waals surface area contributed by atoms with Crippen molar-refractivity contribution in [2.45, 2.75) is 19.5 Å². The van der Waals surface area contributed by atoms with Gasteiger partial charge in [-0.25, -0.2) is 4.98 Å². The summed E-state index contributed by atoms with van der Waals surface area (Å²) in [6.07, 6.45) is 3.51. The summed E-state index contributed by atoms with van der Waals surface area (Å²) in [5.74, 6) is 0. The van der Waals surface area contributed by atoms with Crippen molar-refractivity contribution in [1.29, 1.82) is 0 Å². The van der Waals surface area contributed by atoms with Crippen molar-refractivity contribution in [2.24, 2.45) is 5.73 Å². The fraction of sp³-hybridized carbons (Fsp3) is 0.250. The van der Waals surface area contributed by atoms with E-state index in [1.54, 1.807) is 6.20 Å². The maximum atomic E-state index is 6.15. The van der Waals surface area contributed by atoms with Crippen LogP contribution in [0.5, 0.6) is 0 Å². The van der Waals surface area contributed by atoms with E-state index < -0.39 is 0 Å². The van der Waals surface area contributed by atoms with E-state index in [2.05, 4.69) is 18.0 Å². The average molecular weight is 236 g/mol. The second kappa shape index (κ2) is 4.68. The molecule has 4 heteroatoms. The van der Waals surface area contributed by atoms with Gasteiger partial charge in [-0.2, -0.15) is 0 Å². The maximum Gasteiger partial charge on any atom is 0.202 e. The van der Waals surface area contributed by atoms with Crippen LogP contribution in [-0.4, -0.2) is 9.55 Å². The van der Waals surface area contributed by atoms with E-state index in [4.69, 9.17) is 17.3 Å². The molecule has 1 atom stereocenters. The van der Waals surface area contributed by atoms with Gasteiger partial charge in [-0.15, -0.1) is 0 Å². The van der Waals surface area contributed by atoms with Gasteiger partial charge in [0.15, 0.2) is 0 Å². The van der Waals surface area contributed by atoms with Crippen molar-refractivity contribution in [3.63, 3.8) is 0 Å².